The van der Waals surface area contributed by atoms with Gasteiger partial charge in [0.1, 0.15) is 5.75 Å². The molecule has 3 heteroatoms. The molecule has 5 atom stereocenters. The van der Waals surface area contributed by atoms with Crippen LogP contribution < -0.4 is 4.74 Å². The first kappa shape index (κ1) is 17.7. The predicted molar refractivity (Wildman–Crippen MR) is 108 cm³/mol. The zero-order valence-corrected chi connectivity index (χ0v) is 16.2. The normalized spacial score (nSPS) is 32.9. The van der Waals surface area contributed by atoms with Gasteiger partial charge in [0, 0.05) is 5.41 Å². The Morgan fingerprint density at radius 1 is 1.11 bits per heavy atom. The lowest BCUT2D eigenvalue weighted by Gasteiger charge is -2.50. The van der Waals surface area contributed by atoms with Crippen molar-refractivity contribution in [3.63, 3.8) is 0 Å². The van der Waals surface area contributed by atoms with Crippen molar-refractivity contribution in [2.75, 3.05) is 0 Å². The first-order valence-corrected chi connectivity index (χ1v) is 10.3. The van der Waals surface area contributed by atoms with E-state index in [0.29, 0.717) is 29.1 Å². The van der Waals surface area contributed by atoms with E-state index >= 15 is 0 Å². The number of fused-ring (bicyclic) bond motifs is 5. The van der Waals surface area contributed by atoms with Crippen LogP contribution in [0.25, 0.3) is 0 Å². The van der Waals surface area contributed by atoms with Gasteiger partial charge >= 0.3 is 5.97 Å². The molecule has 3 aliphatic carbocycles. The quantitative estimate of drug-likeness (QED) is 0.462. The Balaban J connectivity index is 1.38. The standard InChI is InChI=1S/C25H26O3/c1-25-14-13-20-19-10-8-18(28-24(27)16-5-3-2-4-6-16)15-17(19)7-9-21(20)22(25)11-12-23(25)26/h2-6,8,10-12,15,20-23,26H,7,9,13-14H2,1H3. The van der Waals surface area contributed by atoms with E-state index in [4.69, 9.17) is 4.74 Å². The van der Waals surface area contributed by atoms with Crippen molar-refractivity contribution in [1.82, 2.24) is 0 Å². The summed E-state index contributed by atoms with van der Waals surface area (Å²) < 4.78 is 5.62. The summed E-state index contributed by atoms with van der Waals surface area (Å²) in [5, 5.41) is 10.4. The van der Waals surface area contributed by atoms with Crippen LogP contribution in [0.2, 0.25) is 0 Å². The molecule has 2 aromatic rings. The number of allylic oxidation sites excluding steroid dienone is 1. The minimum absolute atomic E-state index is 0.00379. The summed E-state index contributed by atoms with van der Waals surface area (Å²) in [5.41, 5.74) is 3.29. The van der Waals surface area contributed by atoms with Crippen molar-refractivity contribution in [1.29, 1.82) is 0 Å². The molecule has 1 fully saturated rings. The summed E-state index contributed by atoms with van der Waals surface area (Å²) in [6, 6.07) is 15.3. The number of benzene rings is 2. The second kappa shape index (κ2) is 6.59. The molecule has 0 bridgehead atoms. The summed E-state index contributed by atoms with van der Waals surface area (Å²) >= 11 is 0. The Morgan fingerprint density at radius 2 is 1.93 bits per heavy atom. The van der Waals surface area contributed by atoms with Gasteiger partial charge in [0.25, 0.3) is 0 Å². The van der Waals surface area contributed by atoms with Gasteiger partial charge in [-0.25, -0.2) is 4.79 Å². The molecule has 0 spiro atoms. The highest BCUT2D eigenvalue weighted by Gasteiger charge is 2.52. The van der Waals surface area contributed by atoms with Crippen LogP contribution in [0.4, 0.5) is 0 Å². The molecule has 0 saturated heterocycles. The molecule has 1 saturated carbocycles. The van der Waals surface area contributed by atoms with Crippen LogP contribution in [0, 0.1) is 17.3 Å². The summed E-state index contributed by atoms with van der Waals surface area (Å²) in [6.45, 7) is 2.25. The van der Waals surface area contributed by atoms with Crippen LogP contribution in [0.1, 0.15) is 53.6 Å². The van der Waals surface area contributed by atoms with Gasteiger partial charge in [0.05, 0.1) is 11.7 Å². The fraction of sp³-hybridized carbons (Fsp3) is 0.400. The lowest BCUT2D eigenvalue weighted by molar-refractivity contribution is -0.0101. The maximum Gasteiger partial charge on any atom is 0.343 e. The average Bonchev–Trinajstić information content (AvgIpc) is 3.03. The monoisotopic (exact) mass is 374 g/mol. The summed E-state index contributed by atoms with van der Waals surface area (Å²) in [4.78, 5) is 12.3. The maximum atomic E-state index is 12.3. The number of hydrogen-bond donors (Lipinski definition) is 1. The van der Waals surface area contributed by atoms with Gasteiger partial charge in [-0.05, 0) is 78.8 Å². The molecule has 5 rings (SSSR count). The van der Waals surface area contributed by atoms with Crippen molar-refractivity contribution in [2.24, 2.45) is 17.3 Å². The third-order valence-corrected chi connectivity index (χ3v) is 7.39. The fourth-order valence-corrected chi connectivity index (χ4v) is 5.79. The summed E-state index contributed by atoms with van der Waals surface area (Å²) in [6.07, 6.45) is 8.27. The van der Waals surface area contributed by atoms with E-state index in [0.717, 1.165) is 25.7 Å². The third-order valence-electron chi connectivity index (χ3n) is 7.39. The number of aryl methyl sites for hydroxylation is 1. The Hall–Kier alpha value is -2.39. The van der Waals surface area contributed by atoms with Crippen molar-refractivity contribution >= 4 is 5.97 Å². The van der Waals surface area contributed by atoms with Gasteiger partial charge in [-0.15, -0.1) is 0 Å². The van der Waals surface area contributed by atoms with Crippen molar-refractivity contribution in [3.8, 4) is 5.75 Å². The minimum Gasteiger partial charge on any atom is -0.423 e. The van der Waals surface area contributed by atoms with E-state index in [9.17, 15) is 9.90 Å². The number of aliphatic hydroxyl groups is 1. The van der Waals surface area contributed by atoms with E-state index in [2.05, 4.69) is 25.1 Å². The van der Waals surface area contributed by atoms with E-state index in [1.165, 1.54) is 11.1 Å². The van der Waals surface area contributed by atoms with Gasteiger partial charge in [0.2, 0.25) is 0 Å². The molecule has 0 radical (unpaired) electrons. The molecule has 0 aliphatic heterocycles. The molecule has 1 N–H and O–H groups in total. The smallest absolute Gasteiger partial charge is 0.343 e. The van der Waals surface area contributed by atoms with Crippen LogP contribution >= 0.6 is 0 Å². The number of rotatable bonds is 2. The van der Waals surface area contributed by atoms with Crippen molar-refractivity contribution < 1.29 is 14.6 Å². The molecular weight excluding hydrogens is 348 g/mol. The van der Waals surface area contributed by atoms with Gasteiger partial charge in [-0.3, -0.25) is 0 Å². The lowest BCUT2D eigenvalue weighted by Crippen LogP contribution is -2.44. The first-order chi connectivity index (χ1) is 13.6. The minimum atomic E-state index is -0.312. The molecule has 0 amide bonds. The van der Waals surface area contributed by atoms with E-state index in [-0.39, 0.29) is 17.5 Å². The predicted octanol–water partition coefficient (Wildman–Crippen LogP) is 4.90. The summed E-state index contributed by atoms with van der Waals surface area (Å²) in [7, 11) is 0. The van der Waals surface area contributed by atoms with Crippen LogP contribution in [0.15, 0.2) is 60.7 Å². The molecule has 3 nitrogen and oxygen atoms in total. The first-order valence-electron chi connectivity index (χ1n) is 10.3. The largest absolute Gasteiger partial charge is 0.423 e. The Bertz CT molecular complexity index is 932. The highest BCUT2D eigenvalue weighted by Crippen LogP contribution is 2.58. The number of carbonyl (C=O) groups is 1. The molecule has 5 unspecified atom stereocenters. The second-order valence-corrected chi connectivity index (χ2v) is 8.83. The molecular formula is C25H26O3. The van der Waals surface area contributed by atoms with Gasteiger partial charge in [-0.2, -0.15) is 0 Å². The molecule has 0 heterocycles. The number of aliphatic hydroxyl groups excluding tert-OH is 1. The maximum absolute atomic E-state index is 12.3. The van der Waals surface area contributed by atoms with Gasteiger partial charge in [0.15, 0.2) is 0 Å². The highest BCUT2D eigenvalue weighted by molar-refractivity contribution is 5.91. The van der Waals surface area contributed by atoms with Crippen LogP contribution in [0.3, 0.4) is 0 Å². The van der Waals surface area contributed by atoms with E-state index < -0.39 is 0 Å². The van der Waals surface area contributed by atoms with Gasteiger partial charge in [-0.1, -0.05) is 43.3 Å². The van der Waals surface area contributed by atoms with E-state index in [1.807, 2.05) is 30.3 Å². The number of carbonyl (C=O) groups excluding carboxylic acids is 1. The number of ether oxygens (including phenoxy) is 1. The van der Waals surface area contributed by atoms with Crippen molar-refractivity contribution in [3.05, 3.63) is 77.4 Å². The van der Waals surface area contributed by atoms with Crippen LogP contribution in [-0.2, 0) is 6.42 Å². The molecule has 28 heavy (non-hydrogen) atoms. The fourth-order valence-electron chi connectivity index (χ4n) is 5.79. The SMILES string of the molecule is CC12CCC3c4ccc(OC(=O)c5ccccc5)cc4CCC3C1C=CC2O. The van der Waals surface area contributed by atoms with Crippen LogP contribution in [0.5, 0.6) is 5.75 Å². The molecule has 0 aromatic heterocycles. The van der Waals surface area contributed by atoms with Crippen molar-refractivity contribution in [2.45, 2.75) is 44.6 Å². The average molecular weight is 374 g/mol. The number of hydrogen-bond acceptors (Lipinski definition) is 3. The Kier molecular flexibility index (Phi) is 4.17. The molecule has 2 aromatic carbocycles. The lowest BCUT2D eigenvalue weighted by atomic mass is 9.55. The Labute approximate surface area is 166 Å². The third kappa shape index (κ3) is 2.72. The zero-order chi connectivity index (χ0) is 19.3. The van der Waals surface area contributed by atoms with Crippen LogP contribution in [-0.4, -0.2) is 17.2 Å². The molecule has 3 aliphatic rings. The Morgan fingerprint density at radius 3 is 2.75 bits per heavy atom. The highest BCUT2D eigenvalue weighted by atomic mass is 16.5. The van der Waals surface area contributed by atoms with E-state index in [1.54, 1.807) is 12.1 Å². The number of esters is 1. The van der Waals surface area contributed by atoms with Gasteiger partial charge < -0.3 is 9.84 Å². The second-order valence-electron chi connectivity index (χ2n) is 8.83. The summed E-state index contributed by atoms with van der Waals surface area (Å²) in [5.74, 6) is 1.91. The zero-order valence-electron chi connectivity index (χ0n) is 16.2. The molecule has 144 valence electrons. The topological polar surface area (TPSA) is 46.5 Å².